The second-order valence-corrected chi connectivity index (χ2v) is 8.83. The van der Waals surface area contributed by atoms with Crippen LogP contribution in [0.2, 0.25) is 0 Å². The maximum atomic E-state index is 13.5. The lowest BCUT2D eigenvalue weighted by Gasteiger charge is -2.29. The number of carbonyl (C=O) groups excluding carboxylic acids is 2. The molecule has 0 bridgehead atoms. The summed E-state index contributed by atoms with van der Waals surface area (Å²) in [6.45, 7) is 0.495. The van der Waals surface area contributed by atoms with Crippen molar-refractivity contribution in [3.63, 3.8) is 0 Å². The van der Waals surface area contributed by atoms with E-state index in [9.17, 15) is 9.59 Å². The lowest BCUT2D eigenvalue weighted by Crippen LogP contribution is -2.41. The Balaban J connectivity index is 1.31. The minimum Gasteiger partial charge on any atom is -0.454 e. The highest BCUT2D eigenvalue weighted by Crippen LogP contribution is 2.36. The molecule has 0 saturated heterocycles. The number of imidazole rings is 1. The number of nitrogens with zero attached hydrogens (tertiary/aromatic N) is 3. The SMILES string of the molecule is CN(C(=O)c1cccc2c1OCO2)[C@H](CCNC(=O)c1nc2ccccc2n1C)Cc1ccccc1. The monoisotopic (exact) mass is 484 g/mol. The van der Waals surface area contributed by atoms with Gasteiger partial charge in [0, 0.05) is 26.7 Å². The summed E-state index contributed by atoms with van der Waals surface area (Å²) in [5, 5.41) is 2.99. The zero-order valence-electron chi connectivity index (χ0n) is 20.3. The van der Waals surface area contributed by atoms with Crippen LogP contribution in [-0.4, -0.2) is 52.7 Å². The molecule has 8 heteroatoms. The van der Waals surface area contributed by atoms with Crippen molar-refractivity contribution < 1.29 is 19.1 Å². The molecule has 4 aromatic rings. The minimum atomic E-state index is -0.243. The molecule has 0 spiro atoms. The van der Waals surface area contributed by atoms with E-state index in [1.165, 1.54) is 0 Å². The number of para-hydroxylation sites is 3. The second-order valence-electron chi connectivity index (χ2n) is 8.83. The molecule has 0 saturated carbocycles. The molecule has 1 aliphatic heterocycles. The van der Waals surface area contributed by atoms with Gasteiger partial charge in [0.2, 0.25) is 6.79 Å². The molecule has 36 heavy (non-hydrogen) atoms. The summed E-state index contributed by atoms with van der Waals surface area (Å²) < 4.78 is 12.8. The zero-order chi connectivity index (χ0) is 25.1. The van der Waals surface area contributed by atoms with Crippen LogP contribution in [-0.2, 0) is 13.5 Å². The third-order valence-electron chi connectivity index (χ3n) is 6.56. The summed E-state index contributed by atoms with van der Waals surface area (Å²) in [7, 11) is 3.62. The number of hydrogen-bond acceptors (Lipinski definition) is 5. The van der Waals surface area contributed by atoms with Gasteiger partial charge >= 0.3 is 0 Å². The smallest absolute Gasteiger partial charge is 0.287 e. The lowest BCUT2D eigenvalue weighted by molar-refractivity contribution is 0.0718. The number of aromatic nitrogens is 2. The summed E-state index contributed by atoms with van der Waals surface area (Å²) in [4.78, 5) is 32.6. The number of benzene rings is 3. The first-order valence-electron chi connectivity index (χ1n) is 11.9. The summed E-state index contributed by atoms with van der Waals surface area (Å²) >= 11 is 0. The largest absolute Gasteiger partial charge is 0.454 e. The van der Waals surface area contributed by atoms with Gasteiger partial charge < -0.3 is 24.3 Å². The van der Waals surface area contributed by atoms with Gasteiger partial charge in [-0.1, -0.05) is 48.5 Å². The van der Waals surface area contributed by atoms with Gasteiger partial charge in [0.25, 0.3) is 11.8 Å². The van der Waals surface area contributed by atoms with Crippen molar-refractivity contribution in [2.75, 3.05) is 20.4 Å². The minimum absolute atomic E-state index is 0.102. The summed E-state index contributed by atoms with van der Waals surface area (Å²) in [5.74, 6) is 1.01. The number of carbonyl (C=O) groups is 2. The molecule has 3 aromatic carbocycles. The first-order valence-corrected chi connectivity index (χ1v) is 11.9. The highest BCUT2D eigenvalue weighted by atomic mass is 16.7. The molecule has 1 atom stereocenters. The van der Waals surface area contributed by atoms with Crippen molar-refractivity contribution in [3.8, 4) is 11.5 Å². The molecule has 5 rings (SSSR count). The van der Waals surface area contributed by atoms with E-state index in [2.05, 4.69) is 10.3 Å². The Morgan fingerprint density at radius 1 is 1.03 bits per heavy atom. The van der Waals surface area contributed by atoms with E-state index in [1.54, 1.807) is 34.7 Å². The van der Waals surface area contributed by atoms with Crippen LogP contribution in [0.25, 0.3) is 11.0 Å². The van der Waals surface area contributed by atoms with Crippen molar-refractivity contribution in [1.29, 1.82) is 0 Å². The third-order valence-corrected chi connectivity index (χ3v) is 6.56. The predicted molar refractivity (Wildman–Crippen MR) is 136 cm³/mol. The van der Waals surface area contributed by atoms with Gasteiger partial charge in [0.1, 0.15) is 0 Å². The molecule has 2 amide bonds. The Labute approximate surface area is 209 Å². The number of amides is 2. The number of ether oxygens (including phenoxy) is 2. The highest BCUT2D eigenvalue weighted by Gasteiger charge is 2.28. The number of rotatable bonds is 8. The molecule has 0 radical (unpaired) electrons. The summed E-state index contributed by atoms with van der Waals surface area (Å²) in [6, 6.07) is 22.8. The number of aryl methyl sites for hydroxylation is 1. The molecule has 184 valence electrons. The van der Waals surface area contributed by atoms with Crippen LogP contribution >= 0.6 is 0 Å². The quantitative estimate of drug-likeness (QED) is 0.411. The Morgan fingerprint density at radius 2 is 1.81 bits per heavy atom. The molecular formula is C28H28N4O4. The fourth-order valence-corrected chi connectivity index (χ4v) is 4.55. The van der Waals surface area contributed by atoms with Crippen LogP contribution in [0.15, 0.2) is 72.8 Å². The Morgan fingerprint density at radius 3 is 2.61 bits per heavy atom. The van der Waals surface area contributed by atoms with E-state index < -0.39 is 0 Å². The van der Waals surface area contributed by atoms with Gasteiger partial charge in [-0.3, -0.25) is 9.59 Å². The van der Waals surface area contributed by atoms with E-state index in [4.69, 9.17) is 9.47 Å². The van der Waals surface area contributed by atoms with Crippen LogP contribution in [0, 0.1) is 0 Å². The van der Waals surface area contributed by atoms with Crippen LogP contribution in [0.3, 0.4) is 0 Å². The van der Waals surface area contributed by atoms with Gasteiger partial charge in [0.15, 0.2) is 17.3 Å². The molecule has 0 fully saturated rings. The first kappa shape index (κ1) is 23.4. The normalized spacial score (nSPS) is 12.9. The van der Waals surface area contributed by atoms with E-state index in [0.717, 1.165) is 16.6 Å². The molecular weight excluding hydrogens is 456 g/mol. The molecule has 8 nitrogen and oxygen atoms in total. The van der Waals surface area contributed by atoms with Gasteiger partial charge in [-0.15, -0.1) is 0 Å². The standard InChI is InChI=1S/C28H28N4O4/c1-31(28(34)21-11-8-14-24-25(21)36-18-35-24)20(17-19-9-4-3-5-10-19)15-16-29-27(33)26-30-22-12-6-7-13-23(22)32(26)2/h3-14,20H,15-18H2,1-2H3,(H,29,33)/t20-/m1/s1. The van der Waals surface area contributed by atoms with E-state index in [1.807, 2.05) is 61.6 Å². The van der Waals surface area contributed by atoms with Crippen LogP contribution in [0.5, 0.6) is 11.5 Å². The average Bonchev–Trinajstić information content (AvgIpc) is 3.52. The number of likely N-dealkylation sites (N-methyl/N-ethyl adjacent to an activating group) is 1. The predicted octanol–water partition coefficient (Wildman–Crippen LogP) is 3.81. The molecule has 2 heterocycles. The third kappa shape index (κ3) is 4.62. The van der Waals surface area contributed by atoms with E-state index >= 15 is 0 Å². The number of fused-ring (bicyclic) bond motifs is 2. The molecule has 0 unspecified atom stereocenters. The zero-order valence-corrected chi connectivity index (χ0v) is 20.3. The Kier molecular flexibility index (Phi) is 6.58. The number of hydrogen-bond donors (Lipinski definition) is 1. The molecule has 1 aromatic heterocycles. The highest BCUT2D eigenvalue weighted by molar-refractivity contribution is 5.98. The maximum absolute atomic E-state index is 13.5. The topological polar surface area (TPSA) is 85.7 Å². The summed E-state index contributed by atoms with van der Waals surface area (Å²) in [5.41, 5.74) is 3.26. The maximum Gasteiger partial charge on any atom is 0.287 e. The van der Waals surface area contributed by atoms with E-state index in [-0.39, 0.29) is 24.6 Å². The van der Waals surface area contributed by atoms with Crippen molar-refractivity contribution in [2.24, 2.45) is 7.05 Å². The van der Waals surface area contributed by atoms with Gasteiger partial charge in [-0.25, -0.2) is 4.98 Å². The molecule has 0 aliphatic carbocycles. The fraction of sp³-hybridized carbons (Fsp3) is 0.250. The van der Waals surface area contributed by atoms with Crippen molar-refractivity contribution >= 4 is 22.8 Å². The second kappa shape index (κ2) is 10.1. The first-order chi connectivity index (χ1) is 17.5. The van der Waals surface area contributed by atoms with Gasteiger partial charge in [-0.2, -0.15) is 0 Å². The molecule has 1 N–H and O–H groups in total. The Hall–Kier alpha value is -4.33. The summed E-state index contributed by atoms with van der Waals surface area (Å²) in [6.07, 6.45) is 1.22. The fourth-order valence-electron chi connectivity index (χ4n) is 4.55. The van der Waals surface area contributed by atoms with Gasteiger partial charge in [0.05, 0.1) is 16.6 Å². The van der Waals surface area contributed by atoms with Gasteiger partial charge in [-0.05, 0) is 42.7 Å². The van der Waals surface area contributed by atoms with Crippen LogP contribution in [0.1, 0.15) is 33.0 Å². The lowest BCUT2D eigenvalue weighted by atomic mass is 10.0. The van der Waals surface area contributed by atoms with Crippen molar-refractivity contribution in [2.45, 2.75) is 18.9 Å². The van der Waals surface area contributed by atoms with Crippen molar-refractivity contribution in [1.82, 2.24) is 19.8 Å². The Bertz CT molecular complexity index is 1400. The van der Waals surface area contributed by atoms with E-state index in [0.29, 0.717) is 42.3 Å². The van der Waals surface area contributed by atoms with Crippen LogP contribution < -0.4 is 14.8 Å². The number of nitrogens with one attached hydrogen (secondary N) is 1. The average molecular weight is 485 g/mol. The molecule has 1 aliphatic rings. The van der Waals surface area contributed by atoms with Crippen molar-refractivity contribution in [3.05, 3.63) is 89.7 Å². The van der Waals surface area contributed by atoms with Crippen LogP contribution in [0.4, 0.5) is 0 Å².